The second-order valence-corrected chi connectivity index (χ2v) is 10.6. The van der Waals surface area contributed by atoms with Gasteiger partial charge in [-0.2, -0.15) is 0 Å². The fourth-order valence-electron chi connectivity index (χ4n) is 6.36. The summed E-state index contributed by atoms with van der Waals surface area (Å²) in [6.07, 6.45) is 16.5. The molecule has 5 rings (SSSR count). The lowest BCUT2D eigenvalue weighted by molar-refractivity contribution is -0.145. The van der Waals surface area contributed by atoms with Crippen molar-refractivity contribution in [2.45, 2.75) is 93.8 Å². The van der Waals surface area contributed by atoms with E-state index in [2.05, 4.69) is 21.2 Å². The zero-order valence-electron chi connectivity index (χ0n) is 13.7. The Morgan fingerprint density at radius 1 is 0.909 bits per heavy atom. The van der Waals surface area contributed by atoms with Gasteiger partial charge in [0, 0.05) is 10.4 Å². The maximum atomic E-state index is 13.2. The molecule has 5 aliphatic carbocycles. The van der Waals surface area contributed by atoms with E-state index in [0.29, 0.717) is 11.9 Å². The van der Waals surface area contributed by atoms with Gasteiger partial charge in [-0.15, -0.1) is 0 Å². The molecule has 0 heterocycles. The van der Waals surface area contributed by atoms with E-state index in [-0.39, 0.29) is 9.74 Å². The van der Waals surface area contributed by atoms with Crippen LogP contribution in [0, 0.1) is 17.3 Å². The predicted molar refractivity (Wildman–Crippen MR) is 93.0 cm³/mol. The highest BCUT2D eigenvalue weighted by Gasteiger charge is 2.59. The van der Waals surface area contributed by atoms with Gasteiger partial charge < -0.3 is 5.32 Å². The maximum absolute atomic E-state index is 13.2. The molecule has 0 spiro atoms. The minimum Gasteiger partial charge on any atom is -0.353 e. The summed E-state index contributed by atoms with van der Waals surface area (Å²) >= 11 is 4.03. The molecule has 5 aliphatic rings. The molecule has 4 bridgehead atoms. The van der Waals surface area contributed by atoms with Crippen LogP contribution >= 0.6 is 15.9 Å². The topological polar surface area (TPSA) is 29.1 Å². The first-order chi connectivity index (χ1) is 10.6. The van der Waals surface area contributed by atoms with Crippen molar-refractivity contribution in [1.82, 2.24) is 5.32 Å². The lowest BCUT2D eigenvalue weighted by Gasteiger charge is -2.59. The quantitative estimate of drug-likeness (QED) is 0.687. The molecule has 124 valence electrons. The number of nitrogens with one attached hydrogen (secondary N) is 1. The molecule has 1 amide bonds. The molecule has 0 aromatic heterocycles. The number of carbonyl (C=O) groups is 1. The number of halogens is 1. The Morgan fingerprint density at radius 2 is 1.50 bits per heavy atom. The van der Waals surface area contributed by atoms with Crippen molar-refractivity contribution in [3.05, 3.63) is 0 Å². The van der Waals surface area contributed by atoms with Crippen LogP contribution in [0.2, 0.25) is 0 Å². The molecule has 2 unspecified atom stereocenters. The Balaban J connectivity index is 1.45. The number of carbonyl (C=O) groups excluding carboxylic acids is 1. The number of hydrogen-bond donors (Lipinski definition) is 1. The SMILES string of the molecule is O=C(NC1CCCCCCC1)C12C[C@@H]3C[C@@H](CC(Br)(C3)C1)C2. The molecule has 1 N–H and O–H groups in total. The summed E-state index contributed by atoms with van der Waals surface area (Å²) in [4.78, 5) is 13.2. The minimum absolute atomic E-state index is 0.0318. The fraction of sp³-hybridized carbons (Fsp3) is 0.947. The van der Waals surface area contributed by atoms with E-state index >= 15 is 0 Å². The van der Waals surface area contributed by atoms with Crippen LogP contribution < -0.4 is 5.32 Å². The molecule has 0 aliphatic heterocycles. The van der Waals surface area contributed by atoms with Crippen molar-refractivity contribution < 1.29 is 4.79 Å². The van der Waals surface area contributed by atoms with Gasteiger partial charge in [-0.1, -0.05) is 48.0 Å². The highest BCUT2D eigenvalue weighted by Crippen LogP contribution is 2.64. The second kappa shape index (κ2) is 5.79. The molecular formula is C19H30BrNO. The molecule has 0 aromatic carbocycles. The first-order valence-corrected chi connectivity index (χ1v) is 10.4. The minimum atomic E-state index is -0.0318. The summed E-state index contributed by atoms with van der Waals surface area (Å²) < 4.78 is 0.287. The molecule has 0 aromatic rings. The fourth-order valence-corrected chi connectivity index (χ4v) is 7.81. The standard InChI is InChI=1S/C19H30BrNO/c20-19-11-14-8-15(12-19)10-18(9-14,13-19)17(22)21-16-6-4-2-1-3-5-7-16/h14-16H,1-13H2,(H,21,22)/t14-,15+,18?,19?. The van der Waals surface area contributed by atoms with Crippen LogP contribution in [0.3, 0.4) is 0 Å². The average Bonchev–Trinajstić information content (AvgIpc) is 2.38. The largest absolute Gasteiger partial charge is 0.353 e. The third-order valence-electron chi connectivity index (χ3n) is 6.91. The van der Waals surface area contributed by atoms with E-state index in [0.717, 1.165) is 31.1 Å². The van der Waals surface area contributed by atoms with Gasteiger partial charge in [0.1, 0.15) is 0 Å². The van der Waals surface area contributed by atoms with Crippen LogP contribution in [0.5, 0.6) is 0 Å². The van der Waals surface area contributed by atoms with Crippen LogP contribution in [0.1, 0.15) is 83.5 Å². The third kappa shape index (κ3) is 2.87. The molecule has 2 nitrogen and oxygen atoms in total. The Bertz CT molecular complexity index is 427. The molecule has 5 fully saturated rings. The first kappa shape index (κ1) is 15.5. The van der Waals surface area contributed by atoms with Crippen molar-refractivity contribution in [3.63, 3.8) is 0 Å². The van der Waals surface area contributed by atoms with Crippen molar-refractivity contribution in [3.8, 4) is 0 Å². The molecule has 22 heavy (non-hydrogen) atoms. The van der Waals surface area contributed by atoms with Crippen molar-refractivity contribution in [1.29, 1.82) is 0 Å². The summed E-state index contributed by atoms with van der Waals surface area (Å²) in [5, 5.41) is 3.50. The molecule has 5 saturated carbocycles. The zero-order chi connectivity index (χ0) is 15.2. The van der Waals surface area contributed by atoms with Gasteiger partial charge in [0.05, 0.1) is 5.41 Å². The third-order valence-corrected chi connectivity index (χ3v) is 7.84. The summed E-state index contributed by atoms with van der Waals surface area (Å²) in [5.41, 5.74) is -0.0318. The van der Waals surface area contributed by atoms with Gasteiger partial charge in [-0.25, -0.2) is 0 Å². The first-order valence-electron chi connectivity index (χ1n) is 9.57. The number of rotatable bonds is 2. The molecule has 0 saturated heterocycles. The van der Waals surface area contributed by atoms with E-state index in [1.807, 2.05) is 0 Å². The van der Waals surface area contributed by atoms with Crippen LogP contribution in [-0.4, -0.2) is 16.3 Å². The van der Waals surface area contributed by atoms with Crippen LogP contribution in [0.4, 0.5) is 0 Å². The zero-order valence-corrected chi connectivity index (χ0v) is 15.3. The predicted octanol–water partition coefficient (Wildman–Crippen LogP) is 4.95. The van der Waals surface area contributed by atoms with E-state index < -0.39 is 0 Å². The van der Waals surface area contributed by atoms with Crippen LogP contribution in [0.25, 0.3) is 0 Å². The molecular weight excluding hydrogens is 338 g/mol. The number of alkyl halides is 1. The van der Waals surface area contributed by atoms with E-state index in [1.165, 1.54) is 64.2 Å². The summed E-state index contributed by atoms with van der Waals surface area (Å²) in [7, 11) is 0. The van der Waals surface area contributed by atoms with Gasteiger partial charge in [-0.05, 0) is 63.2 Å². The molecule has 0 radical (unpaired) electrons. The van der Waals surface area contributed by atoms with Gasteiger partial charge in [0.15, 0.2) is 0 Å². The number of amides is 1. The Hall–Kier alpha value is -0.0500. The van der Waals surface area contributed by atoms with Crippen molar-refractivity contribution in [2.75, 3.05) is 0 Å². The van der Waals surface area contributed by atoms with E-state index in [9.17, 15) is 4.79 Å². The lowest BCUT2D eigenvalue weighted by Crippen LogP contribution is -2.59. The van der Waals surface area contributed by atoms with Gasteiger partial charge in [0.2, 0.25) is 5.91 Å². The lowest BCUT2D eigenvalue weighted by atomic mass is 9.49. The highest BCUT2D eigenvalue weighted by atomic mass is 79.9. The Morgan fingerprint density at radius 3 is 2.09 bits per heavy atom. The second-order valence-electron chi connectivity index (χ2n) is 8.91. The van der Waals surface area contributed by atoms with E-state index in [4.69, 9.17) is 0 Å². The average molecular weight is 368 g/mol. The normalized spacial score (nSPS) is 45.3. The van der Waals surface area contributed by atoms with Crippen molar-refractivity contribution in [2.24, 2.45) is 17.3 Å². The molecule has 3 heteroatoms. The Labute approximate surface area is 143 Å². The number of hydrogen-bond acceptors (Lipinski definition) is 1. The summed E-state index contributed by atoms with van der Waals surface area (Å²) in [6.45, 7) is 0. The Kier molecular flexibility index (Phi) is 4.07. The summed E-state index contributed by atoms with van der Waals surface area (Å²) in [5.74, 6) is 2.00. The summed E-state index contributed by atoms with van der Waals surface area (Å²) in [6, 6.07) is 0.451. The van der Waals surface area contributed by atoms with Crippen molar-refractivity contribution >= 4 is 21.8 Å². The monoisotopic (exact) mass is 367 g/mol. The maximum Gasteiger partial charge on any atom is 0.226 e. The van der Waals surface area contributed by atoms with Gasteiger partial charge in [-0.3, -0.25) is 4.79 Å². The van der Waals surface area contributed by atoms with E-state index in [1.54, 1.807) is 0 Å². The van der Waals surface area contributed by atoms with Crippen LogP contribution in [0.15, 0.2) is 0 Å². The van der Waals surface area contributed by atoms with Gasteiger partial charge in [0.25, 0.3) is 0 Å². The molecule has 4 atom stereocenters. The van der Waals surface area contributed by atoms with Gasteiger partial charge >= 0.3 is 0 Å². The highest BCUT2D eigenvalue weighted by molar-refractivity contribution is 9.10. The smallest absolute Gasteiger partial charge is 0.226 e. The van der Waals surface area contributed by atoms with Crippen LogP contribution in [-0.2, 0) is 4.79 Å².